The van der Waals surface area contributed by atoms with E-state index in [2.05, 4.69) is 27.4 Å². The minimum absolute atomic E-state index is 0.00337. The Labute approximate surface area is 178 Å². The van der Waals surface area contributed by atoms with Crippen LogP contribution in [0.25, 0.3) is 11.3 Å². The maximum absolute atomic E-state index is 11.2. The van der Waals surface area contributed by atoms with Gasteiger partial charge in [0.25, 0.3) is 5.69 Å². The van der Waals surface area contributed by atoms with Crippen molar-refractivity contribution in [1.29, 1.82) is 0 Å². The Morgan fingerprint density at radius 2 is 2.03 bits per heavy atom. The molecule has 1 atom stereocenters. The van der Waals surface area contributed by atoms with E-state index in [9.17, 15) is 10.1 Å². The summed E-state index contributed by atoms with van der Waals surface area (Å²) in [7, 11) is 0. The molecule has 154 valence electrons. The number of non-ortho nitro benzene ring substituents is 1. The number of benzene rings is 2. The lowest BCUT2D eigenvalue weighted by molar-refractivity contribution is -0.385. The minimum atomic E-state index is -0.651. The van der Waals surface area contributed by atoms with E-state index in [4.69, 9.17) is 4.74 Å². The second-order valence-electron chi connectivity index (χ2n) is 6.84. The highest BCUT2D eigenvalue weighted by atomic mass is 32.2. The van der Waals surface area contributed by atoms with Crippen molar-refractivity contribution in [2.75, 3.05) is 11.1 Å². The van der Waals surface area contributed by atoms with Gasteiger partial charge in [0.2, 0.25) is 11.0 Å². The summed E-state index contributed by atoms with van der Waals surface area (Å²) in [5, 5.41) is 23.7. The van der Waals surface area contributed by atoms with Crippen LogP contribution < -0.4 is 10.1 Å². The van der Waals surface area contributed by atoms with Gasteiger partial charge in [0.15, 0.2) is 11.9 Å². The number of nitro groups is 1. The molecule has 4 rings (SSSR count). The van der Waals surface area contributed by atoms with E-state index < -0.39 is 11.2 Å². The Morgan fingerprint density at radius 3 is 2.87 bits per heavy atom. The number of unbranched alkanes of at least 4 members (excludes halogenated alkanes) is 2. The second-order valence-corrected chi connectivity index (χ2v) is 7.91. The van der Waals surface area contributed by atoms with Gasteiger partial charge in [-0.2, -0.15) is 4.98 Å². The molecule has 0 bridgehead atoms. The molecular formula is C21H21N5O3S. The number of fused-ring (bicyclic) bond motifs is 3. The molecule has 2 aromatic carbocycles. The lowest BCUT2D eigenvalue weighted by Gasteiger charge is -2.19. The maximum Gasteiger partial charge on any atom is 0.269 e. The van der Waals surface area contributed by atoms with Gasteiger partial charge in [0.05, 0.1) is 4.92 Å². The average molecular weight is 423 g/mol. The van der Waals surface area contributed by atoms with E-state index in [1.807, 2.05) is 24.3 Å². The third kappa shape index (κ3) is 4.35. The lowest BCUT2D eigenvalue weighted by Crippen LogP contribution is -2.17. The van der Waals surface area contributed by atoms with Crippen LogP contribution in [0.15, 0.2) is 53.7 Å². The van der Waals surface area contributed by atoms with Crippen molar-refractivity contribution in [3.8, 4) is 17.1 Å². The number of aromatic nitrogens is 3. The zero-order valence-electron chi connectivity index (χ0n) is 16.4. The van der Waals surface area contributed by atoms with Crippen molar-refractivity contribution in [1.82, 2.24) is 15.2 Å². The van der Waals surface area contributed by atoms with E-state index in [-0.39, 0.29) is 5.69 Å². The van der Waals surface area contributed by atoms with Gasteiger partial charge in [-0.3, -0.25) is 10.1 Å². The van der Waals surface area contributed by atoms with Crippen LogP contribution in [-0.2, 0) is 0 Å². The molecular weight excluding hydrogens is 402 g/mol. The van der Waals surface area contributed by atoms with Gasteiger partial charge >= 0.3 is 0 Å². The molecule has 1 aliphatic heterocycles. The summed E-state index contributed by atoms with van der Waals surface area (Å²) in [4.78, 5) is 15.4. The number of nitro benzene ring substituents is 1. The first-order valence-corrected chi connectivity index (χ1v) is 10.8. The van der Waals surface area contributed by atoms with Gasteiger partial charge in [0.1, 0.15) is 0 Å². The summed E-state index contributed by atoms with van der Waals surface area (Å²) < 4.78 is 6.17. The van der Waals surface area contributed by atoms with E-state index in [1.54, 1.807) is 23.9 Å². The first kappa shape index (κ1) is 20.1. The smallest absolute Gasteiger partial charge is 0.269 e. The lowest BCUT2D eigenvalue weighted by atomic mass is 10.1. The van der Waals surface area contributed by atoms with Gasteiger partial charge < -0.3 is 10.1 Å². The predicted octanol–water partition coefficient (Wildman–Crippen LogP) is 5.23. The fourth-order valence-corrected chi connectivity index (χ4v) is 3.95. The summed E-state index contributed by atoms with van der Waals surface area (Å²) in [6, 6.07) is 14.0. The number of hydrogen-bond donors (Lipinski definition) is 1. The first-order valence-electron chi connectivity index (χ1n) is 9.80. The van der Waals surface area contributed by atoms with Crippen LogP contribution in [-0.4, -0.2) is 25.9 Å². The largest absolute Gasteiger partial charge is 0.448 e. The number of thioether (sulfide) groups is 1. The Bertz CT molecular complexity index is 1060. The van der Waals surface area contributed by atoms with Crippen molar-refractivity contribution < 1.29 is 9.66 Å². The quantitative estimate of drug-likeness (QED) is 0.238. The van der Waals surface area contributed by atoms with E-state index in [0.29, 0.717) is 22.3 Å². The van der Waals surface area contributed by atoms with Gasteiger partial charge in [0, 0.05) is 34.7 Å². The van der Waals surface area contributed by atoms with Crippen LogP contribution in [0.2, 0.25) is 0 Å². The fourth-order valence-electron chi connectivity index (χ4n) is 3.18. The van der Waals surface area contributed by atoms with Crippen molar-refractivity contribution in [2.24, 2.45) is 0 Å². The highest BCUT2D eigenvalue weighted by molar-refractivity contribution is 7.99. The third-order valence-corrected chi connectivity index (χ3v) is 5.62. The average Bonchev–Trinajstić information content (AvgIpc) is 2.93. The summed E-state index contributed by atoms with van der Waals surface area (Å²) in [6.45, 7) is 2.16. The van der Waals surface area contributed by atoms with Gasteiger partial charge in [-0.05, 0) is 12.5 Å². The number of nitrogens with one attached hydrogen (secondary N) is 1. The second kappa shape index (κ2) is 9.08. The zero-order valence-corrected chi connectivity index (χ0v) is 17.3. The molecule has 1 aromatic heterocycles. The van der Waals surface area contributed by atoms with Crippen LogP contribution in [0.4, 0.5) is 11.4 Å². The molecule has 0 aliphatic carbocycles. The molecule has 2 heterocycles. The minimum Gasteiger partial charge on any atom is -0.448 e. The summed E-state index contributed by atoms with van der Waals surface area (Å²) >= 11 is 1.55. The molecule has 8 nitrogen and oxygen atoms in total. The number of para-hydroxylation sites is 1. The van der Waals surface area contributed by atoms with Crippen molar-refractivity contribution >= 4 is 23.1 Å². The maximum atomic E-state index is 11.2. The summed E-state index contributed by atoms with van der Waals surface area (Å²) in [5.74, 6) is 1.27. The van der Waals surface area contributed by atoms with Gasteiger partial charge in [-0.15, -0.1) is 10.2 Å². The number of ether oxygens (including phenoxy) is 1. The van der Waals surface area contributed by atoms with Crippen LogP contribution in [0.3, 0.4) is 0 Å². The SMILES string of the molecule is CCCCCSc1nnc2c(n1)O[C@@H](c1cccc([N+](=O)[O-])c1)Nc1ccccc1-2. The molecule has 0 amide bonds. The Kier molecular flexibility index (Phi) is 6.08. The topological polar surface area (TPSA) is 103 Å². The van der Waals surface area contributed by atoms with E-state index in [1.165, 1.54) is 12.1 Å². The highest BCUT2D eigenvalue weighted by Gasteiger charge is 2.26. The van der Waals surface area contributed by atoms with Crippen LogP contribution in [0.1, 0.15) is 38.0 Å². The standard InChI is InChI=1S/C21H21N5O3S/c1-2-3-6-12-30-21-23-20-18(24-25-21)16-10-4-5-11-17(16)22-19(29-20)14-8-7-9-15(13-14)26(27)28/h4-5,7-11,13,19,22H,2-3,6,12H2,1H3/t19-/m0/s1. The Hall–Kier alpha value is -3.20. The molecule has 1 N–H and O–H groups in total. The summed E-state index contributed by atoms with van der Waals surface area (Å²) in [6.07, 6.45) is 2.75. The molecule has 30 heavy (non-hydrogen) atoms. The molecule has 0 radical (unpaired) electrons. The predicted molar refractivity (Wildman–Crippen MR) is 116 cm³/mol. The van der Waals surface area contributed by atoms with Crippen molar-refractivity contribution in [3.63, 3.8) is 0 Å². The molecule has 9 heteroatoms. The number of anilines is 1. The molecule has 0 spiro atoms. The molecule has 0 saturated carbocycles. The van der Waals surface area contributed by atoms with Crippen molar-refractivity contribution in [3.05, 3.63) is 64.2 Å². The first-order chi connectivity index (χ1) is 14.7. The van der Waals surface area contributed by atoms with E-state index in [0.717, 1.165) is 36.3 Å². The number of rotatable bonds is 7. The van der Waals surface area contributed by atoms with Gasteiger partial charge in [-0.1, -0.05) is 61.9 Å². The molecule has 1 aliphatic rings. The van der Waals surface area contributed by atoms with Crippen LogP contribution in [0, 0.1) is 10.1 Å². The molecule has 0 saturated heterocycles. The van der Waals surface area contributed by atoms with Crippen LogP contribution >= 0.6 is 11.8 Å². The summed E-state index contributed by atoms with van der Waals surface area (Å²) in [5.41, 5.74) is 2.80. The Balaban J connectivity index is 1.70. The number of nitrogens with zero attached hydrogens (tertiary/aromatic N) is 4. The zero-order chi connectivity index (χ0) is 20.9. The fraction of sp³-hybridized carbons (Fsp3) is 0.286. The monoisotopic (exact) mass is 423 g/mol. The highest BCUT2D eigenvalue weighted by Crippen LogP contribution is 2.39. The molecule has 3 aromatic rings. The number of hydrogen-bond acceptors (Lipinski definition) is 8. The third-order valence-electron chi connectivity index (χ3n) is 4.70. The van der Waals surface area contributed by atoms with E-state index >= 15 is 0 Å². The normalized spacial score (nSPS) is 14.6. The van der Waals surface area contributed by atoms with Gasteiger partial charge in [-0.25, -0.2) is 0 Å². The molecule has 0 fully saturated rings. The van der Waals surface area contributed by atoms with Crippen LogP contribution in [0.5, 0.6) is 5.88 Å². The van der Waals surface area contributed by atoms with Crippen molar-refractivity contribution in [2.45, 2.75) is 37.6 Å². The Morgan fingerprint density at radius 1 is 1.17 bits per heavy atom. The molecule has 0 unspecified atom stereocenters.